The number of benzene rings is 1. The number of halogens is 4. The largest absolute Gasteiger partial charge is 0.418 e. The van der Waals surface area contributed by atoms with Crippen LogP contribution >= 0.6 is 11.6 Å². The van der Waals surface area contributed by atoms with Crippen LogP contribution < -0.4 is 5.32 Å². The highest BCUT2D eigenvalue weighted by Gasteiger charge is 2.33. The molecule has 0 saturated heterocycles. The van der Waals surface area contributed by atoms with Crippen molar-refractivity contribution < 1.29 is 13.2 Å². The van der Waals surface area contributed by atoms with E-state index < -0.39 is 11.7 Å². The lowest BCUT2D eigenvalue weighted by Gasteiger charge is -2.14. The molecule has 94 valence electrons. The van der Waals surface area contributed by atoms with Gasteiger partial charge in [0.2, 0.25) is 0 Å². The maximum atomic E-state index is 12.7. The number of hydrogen-bond donors (Lipinski definition) is 1. The summed E-state index contributed by atoms with van der Waals surface area (Å²) < 4.78 is 38.1. The fraction of sp³-hybridized carbons (Fsp3) is 0.333. The summed E-state index contributed by atoms with van der Waals surface area (Å²) in [5.41, 5.74) is -0.672. The van der Waals surface area contributed by atoms with Gasteiger partial charge < -0.3 is 5.32 Å². The second-order valence-corrected chi connectivity index (χ2v) is 3.98. The van der Waals surface area contributed by atoms with Gasteiger partial charge in [-0.05, 0) is 31.0 Å². The van der Waals surface area contributed by atoms with Crippen molar-refractivity contribution in [2.75, 3.05) is 11.9 Å². The SMILES string of the molecule is C=CCCCNc1ccc(Cl)cc1C(F)(F)F. The van der Waals surface area contributed by atoms with E-state index in [4.69, 9.17) is 11.6 Å². The molecule has 1 aromatic rings. The molecule has 0 amide bonds. The van der Waals surface area contributed by atoms with Crippen molar-refractivity contribution in [2.24, 2.45) is 0 Å². The smallest absolute Gasteiger partial charge is 0.385 e. The third kappa shape index (κ3) is 4.30. The van der Waals surface area contributed by atoms with Crippen LogP contribution in [0, 0.1) is 0 Å². The van der Waals surface area contributed by atoms with E-state index in [0.29, 0.717) is 6.54 Å². The van der Waals surface area contributed by atoms with Crippen molar-refractivity contribution in [3.05, 3.63) is 41.4 Å². The summed E-state index contributed by atoms with van der Waals surface area (Å²) in [6, 6.07) is 3.71. The number of nitrogens with one attached hydrogen (secondary N) is 1. The summed E-state index contributed by atoms with van der Waals surface area (Å²) >= 11 is 5.57. The van der Waals surface area contributed by atoms with Gasteiger partial charge in [0.25, 0.3) is 0 Å². The average molecular weight is 264 g/mol. The zero-order chi connectivity index (χ0) is 12.9. The Balaban J connectivity index is 2.80. The fourth-order valence-corrected chi connectivity index (χ4v) is 1.55. The second-order valence-electron chi connectivity index (χ2n) is 3.55. The number of unbranched alkanes of at least 4 members (excludes halogenated alkanes) is 1. The summed E-state index contributed by atoms with van der Waals surface area (Å²) in [5.74, 6) is 0. The van der Waals surface area contributed by atoms with Crippen molar-refractivity contribution in [2.45, 2.75) is 19.0 Å². The first kappa shape index (κ1) is 13.9. The normalized spacial score (nSPS) is 11.3. The summed E-state index contributed by atoms with van der Waals surface area (Å²) in [4.78, 5) is 0. The molecule has 0 radical (unpaired) electrons. The Labute approximate surface area is 103 Å². The third-order valence-corrected chi connectivity index (χ3v) is 2.42. The molecule has 0 aliphatic carbocycles. The quantitative estimate of drug-likeness (QED) is 0.598. The first-order valence-corrected chi connectivity index (χ1v) is 5.54. The first-order valence-electron chi connectivity index (χ1n) is 5.16. The van der Waals surface area contributed by atoms with Gasteiger partial charge in [0.05, 0.1) is 5.56 Å². The first-order chi connectivity index (χ1) is 7.95. The summed E-state index contributed by atoms with van der Waals surface area (Å²) in [6.07, 6.45) is -1.16. The molecule has 0 spiro atoms. The van der Waals surface area contributed by atoms with E-state index >= 15 is 0 Å². The van der Waals surface area contributed by atoms with Gasteiger partial charge in [0.15, 0.2) is 0 Å². The Morgan fingerprint density at radius 2 is 2.06 bits per heavy atom. The van der Waals surface area contributed by atoms with E-state index in [2.05, 4.69) is 11.9 Å². The fourth-order valence-electron chi connectivity index (χ4n) is 1.37. The van der Waals surface area contributed by atoms with E-state index in [1.807, 2.05) is 0 Å². The molecule has 1 nitrogen and oxygen atoms in total. The van der Waals surface area contributed by atoms with Crippen molar-refractivity contribution in [3.8, 4) is 0 Å². The van der Waals surface area contributed by atoms with Crippen LogP contribution in [0.4, 0.5) is 18.9 Å². The third-order valence-electron chi connectivity index (χ3n) is 2.19. The number of allylic oxidation sites excluding steroid dienone is 1. The summed E-state index contributed by atoms with van der Waals surface area (Å²) in [7, 11) is 0. The highest BCUT2D eigenvalue weighted by Crippen LogP contribution is 2.36. The lowest BCUT2D eigenvalue weighted by Crippen LogP contribution is -2.11. The zero-order valence-electron chi connectivity index (χ0n) is 9.15. The standard InChI is InChI=1S/C12H13ClF3N/c1-2-3-4-7-17-11-6-5-9(13)8-10(11)12(14,15)16/h2,5-6,8,17H,1,3-4,7H2. The van der Waals surface area contributed by atoms with Gasteiger partial charge in [-0.2, -0.15) is 13.2 Å². The lowest BCUT2D eigenvalue weighted by molar-refractivity contribution is -0.136. The van der Waals surface area contributed by atoms with Crippen LogP contribution in [0.15, 0.2) is 30.9 Å². The van der Waals surface area contributed by atoms with Gasteiger partial charge in [-0.15, -0.1) is 6.58 Å². The van der Waals surface area contributed by atoms with Crippen molar-refractivity contribution in [1.82, 2.24) is 0 Å². The zero-order valence-corrected chi connectivity index (χ0v) is 9.91. The van der Waals surface area contributed by atoms with Crippen molar-refractivity contribution in [1.29, 1.82) is 0 Å². The monoisotopic (exact) mass is 263 g/mol. The number of hydrogen-bond acceptors (Lipinski definition) is 1. The molecule has 0 aromatic heterocycles. The minimum atomic E-state index is -4.40. The van der Waals surface area contributed by atoms with Crippen LogP contribution in [-0.4, -0.2) is 6.54 Å². The van der Waals surface area contributed by atoms with Crippen LogP contribution in [0.2, 0.25) is 5.02 Å². The Bertz CT molecular complexity index is 388. The number of anilines is 1. The molecule has 1 aromatic carbocycles. The number of alkyl halides is 3. The molecule has 0 bridgehead atoms. The predicted octanol–water partition coefficient (Wildman–Crippen LogP) is 4.74. The van der Waals surface area contributed by atoms with Gasteiger partial charge in [-0.1, -0.05) is 17.7 Å². The van der Waals surface area contributed by atoms with E-state index in [-0.39, 0.29) is 10.7 Å². The molecule has 1 N–H and O–H groups in total. The van der Waals surface area contributed by atoms with E-state index in [9.17, 15) is 13.2 Å². The van der Waals surface area contributed by atoms with Crippen molar-refractivity contribution >= 4 is 17.3 Å². The van der Waals surface area contributed by atoms with Crippen molar-refractivity contribution in [3.63, 3.8) is 0 Å². The highest BCUT2D eigenvalue weighted by molar-refractivity contribution is 6.30. The van der Waals surface area contributed by atoms with Gasteiger partial charge in [-0.25, -0.2) is 0 Å². The summed E-state index contributed by atoms with van der Waals surface area (Å²) in [5, 5.41) is 2.83. The van der Waals surface area contributed by atoms with Crippen LogP contribution in [0.5, 0.6) is 0 Å². The van der Waals surface area contributed by atoms with Gasteiger partial charge in [0.1, 0.15) is 0 Å². The Morgan fingerprint density at radius 1 is 1.35 bits per heavy atom. The van der Waals surface area contributed by atoms with Gasteiger partial charge >= 0.3 is 6.18 Å². The topological polar surface area (TPSA) is 12.0 Å². The van der Waals surface area contributed by atoms with E-state index in [0.717, 1.165) is 18.9 Å². The molecule has 1 rings (SSSR count). The molecular formula is C12H13ClF3N. The minimum Gasteiger partial charge on any atom is -0.385 e. The Hall–Kier alpha value is -1.16. The molecule has 0 aliphatic heterocycles. The maximum Gasteiger partial charge on any atom is 0.418 e. The number of rotatable bonds is 5. The average Bonchev–Trinajstić information content (AvgIpc) is 2.25. The minimum absolute atomic E-state index is 0.0611. The highest BCUT2D eigenvalue weighted by atomic mass is 35.5. The Kier molecular flexibility index (Phi) is 4.87. The molecule has 17 heavy (non-hydrogen) atoms. The summed E-state index contributed by atoms with van der Waals surface area (Å²) in [6.45, 7) is 4.02. The van der Waals surface area contributed by atoms with Gasteiger partial charge in [0, 0.05) is 17.3 Å². The molecule has 0 fully saturated rings. The molecule has 0 atom stereocenters. The molecular weight excluding hydrogens is 251 g/mol. The van der Waals surface area contributed by atoms with Crippen LogP contribution in [0.3, 0.4) is 0 Å². The molecule has 0 saturated carbocycles. The Morgan fingerprint density at radius 3 is 2.65 bits per heavy atom. The molecule has 0 aliphatic rings. The second kappa shape index (κ2) is 5.96. The molecule has 0 heterocycles. The lowest BCUT2D eigenvalue weighted by atomic mass is 10.1. The predicted molar refractivity (Wildman–Crippen MR) is 64.4 cm³/mol. The van der Waals surface area contributed by atoms with Crippen LogP contribution in [0.25, 0.3) is 0 Å². The van der Waals surface area contributed by atoms with E-state index in [1.165, 1.54) is 12.1 Å². The van der Waals surface area contributed by atoms with Gasteiger partial charge in [-0.3, -0.25) is 0 Å². The maximum absolute atomic E-state index is 12.7. The molecule has 0 unspecified atom stereocenters. The van der Waals surface area contributed by atoms with Crippen LogP contribution in [-0.2, 0) is 6.18 Å². The molecule has 5 heteroatoms. The van der Waals surface area contributed by atoms with E-state index in [1.54, 1.807) is 6.08 Å². The van der Waals surface area contributed by atoms with Crippen LogP contribution in [0.1, 0.15) is 18.4 Å².